The SMILES string of the molecule is C#CC(C)(C)Nc1nc(Cl)nc(NCCC)n1. The molecule has 0 amide bonds. The van der Waals surface area contributed by atoms with Crippen LogP contribution in [0.25, 0.3) is 0 Å². The summed E-state index contributed by atoms with van der Waals surface area (Å²) in [6.07, 6.45) is 6.35. The lowest BCUT2D eigenvalue weighted by Gasteiger charge is -2.19. The Kier molecular flexibility index (Phi) is 4.53. The minimum absolute atomic E-state index is 0.133. The first-order valence-corrected chi connectivity index (χ1v) is 5.76. The van der Waals surface area contributed by atoms with E-state index in [1.165, 1.54) is 0 Å². The molecule has 0 aliphatic rings. The molecule has 0 radical (unpaired) electrons. The Morgan fingerprint density at radius 1 is 1.29 bits per heavy atom. The van der Waals surface area contributed by atoms with E-state index in [0.717, 1.165) is 13.0 Å². The van der Waals surface area contributed by atoms with Gasteiger partial charge in [0.25, 0.3) is 0 Å². The summed E-state index contributed by atoms with van der Waals surface area (Å²) in [7, 11) is 0. The van der Waals surface area contributed by atoms with Crippen LogP contribution in [0.5, 0.6) is 0 Å². The predicted molar refractivity (Wildman–Crippen MR) is 70.2 cm³/mol. The van der Waals surface area contributed by atoms with Gasteiger partial charge in [-0.3, -0.25) is 0 Å². The summed E-state index contributed by atoms with van der Waals surface area (Å²) < 4.78 is 0. The van der Waals surface area contributed by atoms with Crippen LogP contribution in [-0.4, -0.2) is 27.0 Å². The van der Waals surface area contributed by atoms with Gasteiger partial charge in [-0.2, -0.15) is 15.0 Å². The average Bonchev–Trinajstić information content (AvgIpc) is 2.25. The Bertz CT molecular complexity index is 424. The average molecular weight is 254 g/mol. The summed E-state index contributed by atoms with van der Waals surface area (Å²) in [5.41, 5.74) is -0.535. The van der Waals surface area contributed by atoms with Gasteiger partial charge >= 0.3 is 0 Å². The van der Waals surface area contributed by atoms with Crippen molar-refractivity contribution in [1.29, 1.82) is 0 Å². The Balaban J connectivity index is 2.86. The first-order chi connectivity index (χ1) is 7.96. The van der Waals surface area contributed by atoms with E-state index >= 15 is 0 Å². The highest BCUT2D eigenvalue weighted by atomic mass is 35.5. The topological polar surface area (TPSA) is 62.7 Å². The zero-order valence-electron chi connectivity index (χ0n) is 10.2. The van der Waals surface area contributed by atoms with Gasteiger partial charge in [0.15, 0.2) is 0 Å². The number of rotatable bonds is 5. The van der Waals surface area contributed by atoms with E-state index in [9.17, 15) is 0 Å². The molecule has 1 heterocycles. The molecule has 0 saturated heterocycles. The lowest BCUT2D eigenvalue weighted by atomic mass is 10.1. The second-order valence-corrected chi connectivity index (χ2v) is 4.41. The van der Waals surface area contributed by atoms with E-state index in [-0.39, 0.29) is 5.28 Å². The highest BCUT2D eigenvalue weighted by Gasteiger charge is 2.16. The minimum atomic E-state index is -0.535. The molecule has 0 saturated carbocycles. The van der Waals surface area contributed by atoms with Gasteiger partial charge in [0, 0.05) is 6.54 Å². The molecule has 2 N–H and O–H groups in total. The summed E-state index contributed by atoms with van der Waals surface area (Å²) in [5.74, 6) is 3.41. The van der Waals surface area contributed by atoms with Gasteiger partial charge in [-0.05, 0) is 31.9 Å². The molecule has 0 bridgehead atoms. The third kappa shape index (κ3) is 4.45. The molecule has 0 aliphatic heterocycles. The molecule has 92 valence electrons. The molecule has 0 atom stereocenters. The summed E-state index contributed by atoms with van der Waals surface area (Å²) >= 11 is 5.81. The molecule has 1 rings (SSSR count). The second-order valence-electron chi connectivity index (χ2n) is 4.07. The van der Waals surface area contributed by atoms with Crippen molar-refractivity contribution in [3.05, 3.63) is 5.28 Å². The fourth-order valence-corrected chi connectivity index (χ4v) is 1.20. The highest BCUT2D eigenvalue weighted by Crippen LogP contribution is 2.14. The highest BCUT2D eigenvalue weighted by molar-refractivity contribution is 6.28. The largest absolute Gasteiger partial charge is 0.354 e. The Labute approximate surface area is 106 Å². The molecule has 1 aromatic rings. The molecule has 0 spiro atoms. The standard InChI is InChI=1S/C11H16ClN5/c1-5-7-13-9-14-8(12)15-10(16-9)17-11(3,4)6-2/h2H,5,7H2,1,3-4H3,(H2,13,14,15,16,17). The second kappa shape index (κ2) is 5.69. The third-order valence-corrected chi connectivity index (χ3v) is 2.10. The number of hydrogen-bond acceptors (Lipinski definition) is 5. The maximum absolute atomic E-state index is 5.81. The lowest BCUT2D eigenvalue weighted by molar-refractivity contribution is 0.727. The van der Waals surface area contributed by atoms with Crippen LogP contribution in [0.3, 0.4) is 0 Å². The van der Waals surface area contributed by atoms with Crippen molar-refractivity contribution >= 4 is 23.5 Å². The van der Waals surface area contributed by atoms with Gasteiger partial charge < -0.3 is 10.6 Å². The number of aromatic nitrogens is 3. The third-order valence-electron chi connectivity index (χ3n) is 1.93. The quantitative estimate of drug-likeness (QED) is 0.788. The smallest absolute Gasteiger partial charge is 0.229 e. The Morgan fingerprint density at radius 2 is 1.94 bits per heavy atom. The number of terminal acetylenes is 1. The van der Waals surface area contributed by atoms with Gasteiger partial charge in [0.1, 0.15) is 0 Å². The molecule has 0 aromatic carbocycles. The molecular weight excluding hydrogens is 238 g/mol. The number of halogens is 1. The van der Waals surface area contributed by atoms with Crippen LogP contribution in [0.1, 0.15) is 27.2 Å². The summed E-state index contributed by atoms with van der Waals surface area (Å²) in [6.45, 7) is 6.53. The van der Waals surface area contributed by atoms with Gasteiger partial charge in [-0.15, -0.1) is 6.42 Å². The lowest BCUT2D eigenvalue weighted by Crippen LogP contribution is -2.29. The molecule has 17 heavy (non-hydrogen) atoms. The zero-order valence-corrected chi connectivity index (χ0v) is 11.0. The van der Waals surface area contributed by atoms with Crippen LogP contribution in [0.2, 0.25) is 5.28 Å². The van der Waals surface area contributed by atoms with E-state index in [4.69, 9.17) is 18.0 Å². The van der Waals surface area contributed by atoms with Crippen molar-refractivity contribution in [2.24, 2.45) is 0 Å². The maximum atomic E-state index is 5.81. The van der Waals surface area contributed by atoms with Crippen LogP contribution in [0.15, 0.2) is 0 Å². The fraction of sp³-hybridized carbons (Fsp3) is 0.545. The van der Waals surface area contributed by atoms with Gasteiger partial charge in [0.2, 0.25) is 17.2 Å². The van der Waals surface area contributed by atoms with Crippen molar-refractivity contribution < 1.29 is 0 Å². The maximum Gasteiger partial charge on any atom is 0.229 e. The fourth-order valence-electron chi connectivity index (χ4n) is 1.04. The van der Waals surface area contributed by atoms with Gasteiger partial charge in [-0.1, -0.05) is 12.8 Å². The molecule has 6 heteroatoms. The molecule has 0 unspecified atom stereocenters. The van der Waals surface area contributed by atoms with Crippen molar-refractivity contribution in [3.63, 3.8) is 0 Å². The van der Waals surface area contributed by atoms with Crippen molar-refractivity contribution in [2.75, 3.05) is 17.2 Å². The van der Waals surface area contributed by atoms with Crippen molar-refractivity contribution in [2.45, 2.75) is 32.7 Å². The van der Waals surface area contributed by atoms with Crippen LogP contribution in [-0.2, 0) is 0 Å². The van der Waals surface area contributed by atoms with Crippen LogP contribution >= 0.6 is 11.6 Å². The minimum Gasteiger partial charge on any atom is -0.354 e. The van der Waals surface area contributed by atoms with E-state index < -0.39 is 5.54 Å². The van der Waals surface area contributed by atoms with Crippen LogP contribution < -0.4 is 10.6 Å². The summed E-state index contributed by atoms with van der Waals surface area (Å²) in [4.78, 5) is 12.1. The zero-order chi connectivity index (χ0) is 12.9. The molecule has 5 nitrogen and oxygen atoms in total. The van der Waals surface area contributed by atoms with Crippen molar-refractivity contribution in [3.8, 4) is 12.3 Å². The van der Waals surface area contributed by atoms with E-state index in [0.29, 0.717) is 11.9 Å². The normalized spacial score (nSPS) is 10.8. The van der Waals surface area contributed by atoms with E-state index in [1.54, 1.807) is 0 Å². The van der Waals surface area contributed by atoms with Crippen LogP contribution in [0, 0.1) is 12.3 Å². The first kappa shape index (κ1) is 13.5. The summed E-state index contributed by atoms with van der Waals surface area (Å²) in [5, 5.41) is 6.18. The predicted octanol–water partition coefficient (Wildman–Crippen LogP) is 2.17. The van der Waals surface area contributed by atoms with Crippen molar-refractivity contribution in [1.82, 2.24) is 15.0 Å². The van der Waals surface area contributed by atoms with Crippen LogP contribution in [0.4, 0.5) is 11.9 Å². The molecular formula is C11H16ClN5. The molecule has 0 aliphatic carbocycles. The number of anilines is 2. The molecule has 0 fully saturated rings. The number of nitrogens with one attached hydrogen (secondary N) is 2. The van der Waals surface area contributed by atoms with Gasteiger partial charge in [-0.25, -0.2) is 0 Å². The van der Waals surface area contributed by atoms with E-state index in [2.05, 4.69) is 38.4 Å². The Morgan fingerprint density at radius 3 is 2.53 bits per heavy atom. The number of nitrogens with zero attached hydrogens (tertiary/aromatic N) is 3. The first-order valence-electron chi connectivity index (χ1n) is 5.38. The Hall–Kier alpha value is -1.54. The number of hydrogen-bond donors (Lipinski definition) is 2. The summed E-state index contributed by atoms with van der Waals surface area (Å²) in [6, 6.07) is 0. The van der Waals surface area contributed by atoms with E-state index in [1.807, 2.05) is 13.8 Å². The van der Waals surface area contributed by atoms with Gasteiger partial charge in [0.05, 0.1) is 5.54 Å². The molecule has 1 aromatic heterocycles. The monoisotopic (exact) mass is 253 g/mol.